The molecule has 1 aliphatic carbocycles. The monoisotopic (exact) mass is 431 g/mol. The molecule has 1 amide bonds. The molecule has 1 spiro atoms. The zero-order chi connectivity index (χ0) is 21.5. The highest BCUT2D eigenvalue weighted by Gasteiger charge is 2.44. The molecule has 6 rings (SSSR count). The van der Waals surface area contributed by atoms with E-state index in [0.29, 0.717) is 19.0 Å². The summed E-state index contributed by atoms with van der Waals surface area (Å²) in [4.78, 5) is 15.3. The number of nitrogens with one attached hydrogen (secondary N) is 1. The molecule has 32 heavy (non-hydrogen) atoms. The number of aromatic nitrogens is 3. The summed E-state index contributed by atoms with van der Waals surface area (Å²) >= 11 is 0. The van der Waals surface area contributed by atoms with Crippen LogP contribution in [0.1, 0.15) is 54.1 Å². The lowest BCUT2D eigenvalue weighted by Gasteiger charge is -2.34. The van der Waals surface area contributed by atoms with Crippen LogP contribution in [0, 0.1) is 0 Å². The molecule has 166 valence electrons. The van der Waals surface area contributed by atoms with Crippen molar-refractivity contribution in [2.45, 2.75) is 63.4 Å². The maximum Gasteiger partial charge on any atom is 0.289 e. The number of amides is 1. The standard InChI is InChI=1S/C25H29N5O2/c31-24(26-21-7-3-4-8-21)23-28-27-22-15-32-25(17-30(22)23)11-12-29(16-25)14-18-9-10-19-5-1-2-6-20(19)13-18/h1-2,5-6,9-10,13,21H,3-4,7-8,11-12,14-17H2,(H,26,31)/t25-/m1/s1. The Hall–Kier alpha value is -2.77. The molecule has 0 unspecified atom stereocenters. The van der Waals surface area contributed by atoms with Gasteiger partial charge in [0.05, 0.1) is 6.54 Å². The van der Waals surface area contributed by atoms with Crippen molar-refractivity contribution in [3.05, 3.63) is 59.7 Å². The summed E-state index contributed by atoms with van der Waals surface area (Å²) < 4.78 is 8.31. The van der Waals surface area contributed by atoms with Gasteiger partial charge in [-0.25, -0.2) is 0 Å². The number of carbonyl (C=O) groups is 1. The summed E-state index contributed by atoms with van der Waals surface area (Å²) in [6, 6.07) is 15.5. The summed E-state index contributed by atoms with van der Waals surface area (Å²) in [5.41, 5.74) is 1.03. The van der Waals surface area contributed by atoms with Gasteiger partial charge in [-0.3, -0.25) is 9.69 Å². The molecule has 1 atom stereocenters. The minimum absolute atomic E-state index is 0.0984. The second-order valence-corrected chi connectivity index (χ2v) is 9.59. The molecule has 7 heteroatoms. The third kappa shape index (κ3) is 3.69. The van der Waals surface area contributed by atoms with Crippen LogP contribution in [0.3, 0.4) is 0 Å². The van der Waals surface area contributed by atoms with Crippen LogP contribution in [-0.4, -0.2) is 50.3 Å². The van der Waals surface area contributed by atoms with Crippen molar-refractivity contribution < 1.29 is 9.53 Å². The topological polar surface area (TPSA) is 72.3 Å². The van der Waals surface area contributed by atoms with Crippen LogP contribution in [-0.2, 0) is 24.4 Å². The first kappa shape index (κ1) is 19.9. The van der Waals surface area contributed by atoms with Gasteiger partial charge in [0.15, 0.2) is 5.82 Å². The Labute approximate surface area is 187 Å². The SMILES string of the molecule is O=C(NC1CCCC1)c1nnc2n1C[C@]1(CCN(Cc3ccc4ccccc4c3)C1)OC2. The van der Waals surface area contributed by atoms with Crippen LogP contribution in [0.5, 0.6) is 0 Å². The fourth-order valence-corrected chi connectivity index (χ4v) is 5.55. The van der Waals surface area contributed by atoms with Gasteiger partial charge in [-0.1, -0.05) is 49.2 Å². The number of nitrogens with zero attached hydrogens (tertiary/aromatic N) is 4. The van der Waals surface area contributed by atoms with Gasteiger partial charge in [-0.15, -0.1) is 10.2 Å². The molecule has 1 saturated carbocycles. The van der Waals surface area contributed by atoms with Gasteiger partial charge in [0.25, 0.3) is 5.91 Å². The second kappa shape index (κ2) is 7.98. The maximum absolute atomic E-state index is 12.9. The summed E-state index contributed by atoms with van der Waals surface area (Å²) in [5.74, 6) is 1.08. The van der Waals surface area contributed by atoms with Crippen LogP contribution in [0.2, 0.25) is 0 Å². The van der Waals surface area contributed by atoms with Crippen molar-refractivity contribution in [1.29, 1.82) is 0 Å². The van der Waals surface area contributed by atoms with Gasteiger partial charge in [-0.05, 0) is 41.7 Å². The Morgan fingerprint density at radius 3 is 2.81 bits per heavy atom. The number of hydrogen-bond acceptors (Lipinski definition) is 5. The first-order valence-electron chi connectivity index (χ1n) is 11.7. The van der Waals surface area contributed by atoms with Crippen molar-refractivity contribution in [1.82, 2.24) is 25.0 Å². The minimum atomic E-state index is -0.283. The fourth-order valence-electron chi connectivity index (χ4n) is 5.55. The number of benzene rings is 2. The lowest BCUT2D eigenvalue weighted by Crippen LogP contribution is -2.45. The van der Waals surface area contributed by atoms with Gasteiger partial charge in [0, 0.05) is 25.7 Å². The number of likely N-dealkylation sites (tertiary alicyclic amines) is 1. The van der Waals surface area contributed by atoms with E-state index in [9.17, 15) is 4.79 Å². The second-order valence-electron chi connectivity index (χ2n) is 9.59. The molecular weight excluding hydrogens is 402 g/mol. The molecule has 3 aliphatic rings. The largest absolute Gasteiger partial charge is 0.364 e. The van der Waals surface area contributed by atoms with E-state index < -0.39 is 0 Å². The third-order valence-electron chi connectivity index (χ3n) is 7.29. The number of ether oxygens (including phenoxy) is 1. The smallest absolute Gasteiger partial charge is 0.289 e. The normalized spacial score (nSPS) is 23.8. The molecular formula is C25H29N5O2. The Bertz CT molecular complexity index is 1150. The van der Waals surface area contributed by atoms with E-state index >= 15 is 0 Å². The quantitative estimate of drug-likeness (QED) is 0.686. The number of rotatable bonds is 4. The lowest BCUT2D eigenvalue weighted by atomic mass is 10.0. The Morgan fingerprint density at radius 1 is 1.09 bits per heavy atom. The van der Waals surface area contributed by atoms with Crippen LogP contribution in [0.25, 0.3) is 10.8 Å². The third-order valence-corrected chi connectivity index (χ3v) is 7.29. The fraction of sp³-hybridized carbons (Fsp3) is 0.480. The average molecular weight is 432 g/mol. The van der Waals surface area contributed by atoms with Gasteiger partial charge >= 0.3 is 0 Å². The van der Waals surface area contributed by atoms with Crippen LogP contribution < -0.4 is 5.32 Å². The molecule has 0 bridgehead atoms. The maximum atomic E-state index is 12.9. The van der Waals surface area contributed by atoms with Crippen molar-refractivity contribution in [3.63, 3.8) is 0 Å². The molecule has 2 fully saturated rings. The lowest BCUT2D eigenvalue weighted by molar-refractivity contribution is -0.0828. The van der Waals surface area contributed by atoms with Crippen LogP contribution >= 0.6 is 0 Å². The van der Waals surface area contributed by atoms with Crippen LogP contribution in [0.15, 0.2) is 42.5 Å². The van der Waals surface area contributed by atoms with Gasteiger partial charge in [-0.2, -0.15) is 0 Å². The van der Waals surface area contributed by atoms with Crippen LogP contribution in [0.4, 0.5) is 0 Å². The average Bonchev–Trinajstić information content (AvgIpc) is 3.55. The van der Waals surface area contributed by atoms with Crippen molar-refractivity contribution >= 4 is 16.7 Å². The molecule has 1 N–H and O–H groups in total. The van der Waals surface area contributed by atoms with E-state index in [1.807, 2.05) is 4.57 Å². The highest BCUT2D eigenvalue weighted by atomic mass is 16.5. The molecule has 3 aromatic rings. The van der Waals surface area contributed by atoms with Gasteiger partial charge < -0.3 is 14.6 Å². The number of hydrogen-bond donors (Lipinski definition) is 1. The molecule has 1 aromatic heterocycles. The van der Waals surface area contributed by atoms with E-state index in [2.05, 4.69) is 62.9 Å². The Kier molecular flexibility index (Phi) is 4.96. The Morgan fingerprint density at radius 2 is 1.94 bits per heavy atom. The molecule has 0 radical (unpaired) electrons. The van der Waals surface area contributed by atoms with E-state index in [4.69, 9.17) is 4.74 Å². The van der Waals surface area contributed by atoms with E-state index in [-0.39, 0.29) is 17.6 Å². The van der Waals surface area contributed by atoms with E-state index in [0.717, 1.165) is 44.7 Å². The first-order valence-corrected chi connectivity index (χ1v) is 11.7. The number of fused-ring (bicyclic) bond motifs is 2. The number of carbonyl (C=O) groups excluding carboxylic acids is 1. The molecule has 3 heterocycles. The van der Waals surface area contributed by atoms with Crippen molar-refractivity contribution in [3.8, 4) is 0 Å². The predicted octanol–water partition coefficient (Wildman–Crippen LogP) is 3.28. The van der Waals surface area contributed by atoms with Crippen molar-refractivity contribution in [2.24, 2.45) is 0 Å². The molecule has 2 aromatic carbocycles. The molecule has 1 saturated heterocycles. The summed E-state index contributed by atoms with van der Waals surface area (Å²) in [7, 11) is 0. The molecule has 7 nitrogen and oxygen atoms in total. The highest BCUT2D eigenvalue weighted by molar-refractivity contribution is 5.91. The van der Waals surface area contributed by atoms with Gasteiger partial charge in [0.2, 0.25) is 5.82 Å². The van der Waals surface area contributed by atoms with E-state index in [1.54, 1.807) is 0 Å². The van der Waals surface area contributed by atoms with E-state index in [1.165, 1.54) is 29.2 Å². The summed E-state index contributed by atoms with van der Waals surface area (Å²) in [6.07, 6.45) is 5.44. The minimum Gasteiger partial charge on any atom is -0.364 e. The summed E-state index contributed by atoms with van der Waals surface area (Å²) in [6.45, 7) is 3.78. The summed E-state index contributed by atoms with van der Waals surface area (Å²) in [5, 5.41) is 14.2. The van der Waals surface area contributed by atoms with Crippen molar-refractivity contribution in [2.75, 3.05) is 13.1 Å². The highest BCUT2D eigenvalue weighted by Crippen LogP contribution is 2.33. The Balaban J connectivity index is 1.15. The predicted molar refractivity (Wildman–Crippen MR) is 121 cm³/mol. The van der Waals surface area contributed by atoms with Gasteiger partial charge in [0.1, 0.15) is 12.2 Å². The first-order chi connectivity index (χ1) is 15.7. The zero-order valence-corrected chi connectivity index (χ0v) is 18.3. The zero-order valence-electron chi connectivity index (χ0n) is 18.3. The molecule has 2 aliphatic heterocycles.